The van der Waals surface area contributed by atoms with E-state index in [0.29, 0.717) is 17.9 Å². The van der Waals surface area contributed by atoms with E-state index in [-0.39, 0.29) is 0 Å². The molecule has 0 bridgehead atoms. The summed E-state index contributed by atoms with van der Waals surface area (Å²) in [5, 5.41) is 20.4. The molecule has 2 aromatic rings. The quantitative estimate of drug-likeness (QED) is 0.575. The molecule has 0 radical (unpaired) electrons. The fourth-order valence-corrected chi connectivity index (χ4v) is 4.06. The van der Waals surface area contributed by atoms with Gasteiger partial charge in [0.05, 0.1) is 18.2 Å². The molecule has 0 fully saturated rings. The van der Waals surface area contributed by atoms with Crippen LogP contribution in [0, 0.1) is 11.3 Å². The highest BCUT2D eigenvalue weighted by atomic mass is 32.2. The number of nitriles is 1. The van der Waals surface area contributed by atoms with Crippen molar-refractivity contribution < 1.29 is 5.11 Å². The number of aliphatic hydroxyl groups excluding tert-OH is 1. The Balaban J connectivity index is 1.54. The molecule has 5 nitrogen and oxygen atoms in total. The van der Waals surface area contributed by atoms with Crippen LogP contribution in [0.1, 0.15) is 35.2 Å². The molecule has 1 N–H and O–H groups in total. The number of hydrogen-bond acceptors (Lipinski definition) is 6. The Bertz CT molecular complexity index is 871. The van der Waals surface area contributed by atoms with E-state index in [1.807, 2.05) is 49.3 Å². The Kier molecular flexibility index (Phi) is 7.07. The minimum atomic E-state index is -0.577. The SMILES string of the molecule is CN(C)c1ccc(C=NC[C@H](O)CSc2nc3c(cc2C#N)CCCC3)cc1. The lowest BCUT2D eigenvalue weighted by atomic mass is 9.95. The van der Waals surface area contributed by atoms with E-state index in [1.54, 1.807) is 6.21 Å². The number of pyridine rings is 1. The maximum Gasteiger partial charge on any atom is 0.114 e. The van der Waals surface area contributed by atoms with Crippen LogP contribution >= 0.6 is 11.8 Å². The highest BCUT2D eigenvalue weighted by Gasteiger charge is 2.16. The maximum atomic E-state index is 10.3. The summed E-state index contributed by atoms with van der Waals surface area (Å²) < 4.78 is 0. The number of thioether (sulfide) groups is 1. The monoisotopic (exact) mass is 394 g/mol. The number of fused-ring (bicyclic) bond motifs is 1. The van der Waals surface area contributed by atoms with Gasteiger partial charge in [0.25, 0.3) is 0 Å². The molecule has 28 heavy (non-hydrogen) atoms. The fraction of sp³-hybridized carbons (Fsp3) is 0.409. The molecule has 1 aliphatic rings. The molecule has 0 amide bonds. The van der Waals surface area contributed by atoms with Crippen LogP contribution in [0.2, 0.25) is 0 Å². The van der Waals surface area contributed by atoms with E-state index in [2.05, 4.69) is 11.1 Å². The third-order valence-corrected chi connectivity index (χ3v) is 5.90. The number of aliphatic imine (C=N–C) groups is 1. The smallest absolute Gasteiger partial charge is 0.114 e. The summed E-state index contributed by atoms with van der Waals surface area (Å²) in [6.07, 6.45) is 5.52. The molecule has 0 spiro atoms. The van der Waals surface area contributed by atoms with Crippen molar-refractivity contribution >= 4 is 23.7 Å². The number of rotatable bonds is 7. The predicted molar refractivity (Wildman–Crippen MR) is 116 cm³/mol. The van der Waals surface area contributed by atoms with Gasteiger partial charge < -0.3 is 10.0 Å². The number of benzene rings is 1. The van der Waals surface area contributed by atoms with Crippen LogP contribution in [0.25, 0.3) is 0 Å². The van der Waals surface area contributed by atoms with E-state index in [1.165, 1.54) is 23.7 Å². The molecule has 146 valence electrons. The van der Waals surface area contributed by atoms with E-state index < -0.39 is 6.10 Å². The summed E-state index contributed by atoms with van der Waals surface area (Å²) in [6, 6.07) is 12.3. The van der Waals surface area contributed by atoms with Crippen molar-refractivity contribution in [2.45, 2.75) is 36.8 Å². The van der Waals surface area contributed by atoms with Gasteiger partial charge in [-0.3, -0.25) is 4.99 Å². The van der Waals surface area contributed by atoms with Crippen LogP contribution in [0.4, 0.5) is 5.69 Å². The van der Waals surface area contributed by atoms with Crippen molar-refractivity contribution in [2.75, 3.05) is 31.3 Å². The van der Waals surface area contributed by atoms with Crippen LogP contribution in [-0.4, -0.2) is 48.8 Å². The average molecular weight is 395 g/mol. The van der Waals surface area contributed by atoms with Crippen LogP contribution < -0.4 is 4.90 Å². The number of aryl methyl sites for hydroxylation is 2. The zero-order chi connectivity index (χ0) is 19.9. The van der Waals surface area contributed by atoms with Gasteiger partial charge in [-0.15, -0.1) is 11.8 Å². The number of aromatic nitrogens is 1. The molecule has 3 rings (SSSR count). The first-order chi connectivity index (χ1) is 13.6. The van der Waals surface area contributed by atoms with Crippen molar-refractivity contribution in [1.82, 2.24) is 4.98 Å². The minimum Gasteiger partial charge on any atom is -0.390 e. The Hall–Kier alpha value is -2.36. The Labute approximate surface area is 171 Å². The van der Waals surface area contributed by atoms with Crippen LogP contribution in [0.5, 0.6) is 0 Å². The van der Waals surface area contributed by atoms with Gasteiger partial charge in [-0.25, -0.2) is 4.98 Å². The Morgan fingerprint density at radius 2 is 2.04 bits per heavy atom. The Morgan fingerprint density at radius 1 is 1.29 bits per heavy atom. The second-order valence-corrected chi connectivity index (χ2v) is 8.22. The second-order valence-electron chi connectivity index (χ2n) is 7.21. The third-order valence-electron chi connectivity index (χ3n) is 4.76. The summed E-state index contributed by atoms with van der Waals surface area (Å²) in [5.74, 6) is 0.470. The number of aliphatic hydroxyl groups is 1. The molecule has 6 heteroatoms. The molecule has 0 aliphatic heterocycles. The summed E-state index contributed by atoms with van der Waals surface area (Å²) in [7, 11) is 4.01. The normalized spacial score (nSPS) is 14.5. The molecular formula is C22H26N4OS. The molecule has 1 aliphatic carbocycles. The molecule has 0 saturated carbocycles. The summed E-state index contributed by atoms with van der Waals surface area (Å²) >= 11 is 1.44. The van der Waals surface area contributed by atoms with Gasteiger partial charge in [-0.05, 0) is 55.0 Å². The lowest BCUT2D eigenvalue weighted by molar-refractivity contribution is 0.209. The molecule has 1 aromatic carbocycles. The van der Waals surface area contributed by atoms with Crippen molar-refractivity contribution in [1.29, 1.82) is 5.26 Å². The fourth-order valence-electron chi connectivity index (χ4n) is 3.17. The van der Waals surface area contributed by atoms with Crippen molar-refractivity contribution in [2.24, 2.45) is 4.99 Å². The highest BCUT2D eigenvalue weighted by Crippen LogP contribution is 2.27. The van der Waals surface area contributed by atoms with E-state index >= 15 is 0 Å². The van der Waals surface area contributed by atoms with Crippen molar-refractivity contribution in [3.8, 4) is 6.07 Å². The van der Waals surface area contributed by atoms with Gasteiger partial charge in [-0.1, -0.05) is 12.1 Å². The molecule has 1 heterocycles. The first kappa shape index (κ1) is 20.4. The number of nitrogens with zero attached hydrogens (tertiary/aromatic N) is 4. The lowest BCUT2D eigenvalue weighted by Gasteiger charge is -2.17. The first-order valence-corrected chi connectivity index (χ1v) is 10.6. The standard InChI is InChI=1S/C22H26N4OS/c1-26(2)19-9-7-16(8-10-19)13-24-14-20(27)15-28-22-18(12-23)11-17-5-3-4-6-21(17)25-22/h7-11,13,20,27H,3-6,14-15H2,1-2H3/t20-/m0/s1. The van der Waals surface area contributed by atoms with E-state index in [9.17, 15) is 10.4 Å². The van der Waals surface area contributed by atoms with Gasteiger partial charge in [-0.2, -0.15) is 5.26 Å². The first-order valence-electron chi connectivity index (χ1n) is 9.58. The van der Waals surface area contributed by atoms with Crippen molar-refractivity contribution in [3.63, 3.8) is 0 Å². The van der Waals surface area contributed by atoms with Crippen LogP contribution in [-0.2, 0) is 12.8 Å². The zero-order valence-corrected chi connectivity index (χ0v) is 17.2. The van der Waals surface area contributed by atoms with Gasteiger partial charge in [0, 0.05) is 37.4 Å². The minimum absolute atomic E-state index is 0.329. The summed E-state index contributed by atoms with van der Waals surface area (Å²) in [6.45, 7) is 0.329. The van der Waals surface area contributed by atoms with Gasteiger partial charge >= 0.3 is 0 Å². The zero-order valence-electron chi connectivity index (χ0n) is 16.4. The topological polar surface area (TPSA) is 72.5 Å². The van der Waals surface area contributed by atoms with E-state index in [4.69, 9.17) is 4.98 Å². The third kappa shape index (κ3) is 5.34. The Morgan fingerprint density at radius 3 is 2.75 bits per heavy atom. The van der Waals surface area contributed by atoms with Crippen LogP contribution in [0.15, 0.2) is 40.4 Å². The second kappa shape index (κ2) is 9.72. The highest BCUT2D eigenvalue weighted by molar-refractivity contribution is 7.99. The van der Waals surface area contributed by atoms with Gasteiger partial charge in [0.15, 0.2) is 0 Å². The lowest BCUT2D eigenvalue weighted by Crippen LogP contribution is -2.15. The molecule has 0 saturated heterocycles. The largest absolute Gasteiger partial charge is 0.390 e. The number of anilines is 1. The molecule has 0 unspecified atom stereocenters. The predicted octanol–water partition coefficient (Wildman–Crippen LogP) is 3.47. The summed E-state index contributed by atoms with van der Waals surface area (Å²) in [4.78, 5) is 11.1. The molecule has 1 aromatic heterocycles. The van der Waals surface area contributed by atoms with Gasteiger partial charge in [0.2, 0.25) is 0 Å². The summed E-state index contributed by atoms with van der Waals surface area (Å²) in [5.41, 5.74) is 5.08. The molecular weight excluding hydrogens is 368 g/mol. The number of hydrogen-bond donors (Lipinski definition) is 1. The maximum absolute atomic E-state index is 10.3. The van der Waals surface area contributed by atoms with E-state index in [0.717, 1.165) is 41.2 Å². The van der Waals surface area contributed by atoms with Crippen molar-refractivity contribution in [3.05, 3.63) is 52.7 Å². The molecule has 1 atom stereocenters. The van der Waals surface area contributed by atoms with Gasteiger partial charge in [0.1, 0.15) is 11.1 Å². The van der Waals surface area contributed by atoms with Crippen LogP contribution in [0.3, 0.4) is 0 Å². The average Bonchev–Trinajstić information content (AvgIpc) is 2.71.